The first-order valence-corrected chi connectivity index (χ1v) is 12.8. The zero-order chi connectivity index (χ0) is 18.6. The predicted octanol–water partition coefficient (Wildman–Crippen LogP) is 4.66. The molecule has 0 bridgehead atoms. The summed E-state index contributed by atoms with van der Waals surface area (Å²) in [6.45, 7) is 7.63. The molecule has 2 aromatic carbocycles. The lowest BCUT2D eigenvalue weighted by molar-refractivity contribution is 0.0349. The largest absolute Gasteiger partial charge is 0.474 e. The topological polar surface area (TPSA) is 42.6 Å². The molecule has 4 heteroatoms. The van der Waals surface area contributed by atoms with Gasteiger partial charge in [0.25, 0.3) is 0 Å². The Hall–Kier alpha value is -1.88. The van der Waals surface area contributed by atoms with Crippen molar-refractivity contribution >= 4 is 24.2 Å². The first-order valence-electron chi connectivity index (χ1n) is 9.26. The molecule has 138 valence electrons. The highest BCUT2D eigenvalue weighted by molar-refractivity contribution is 6.87. The molecule has 0 aliphatic carbocycles. The van der Waals surface area contributed by atoms with Gasteiger partial charge in [-0.3, -0.25) is 0 Å². The Labute approximate surface area is 156 Å². The smallest absolute Gasteiger partial charge is 0.123 e. The second-order valence-electron chi connectivity index (χ2n) is 7.87. The summed E-state index contributed by atoms with van der Waals surface area (Å²) in [4.78, 5) is 0. The Bertz CT molecular complexity index is 848. The van der Waals surface area contributed by atoms with E-state index in [1.165, 1.54) is 16.3 Å². The molecular formula is C22H28O3Si. The van der Waals surface area contributed by atoms with Gasteiger partial charge in [0.1, 0.15) is 14.2 Å². The molecule has 0 fully saturated rings. The number of ether oxygens (including phenoxy) is 1. The van der Waals surface area contributed by atoms with E-state index in [2.05, 4.69) is 62.1 Å². The maximum atomic E-state index is 10.3. The van der Waals surface area contributed by atoms with Gasteiger partial charge in [0.15, 0.2) is 0 Å². The average Bonchev–Trinajstić information content (AvgIpc) is 3.12. The van der Waals surface area contributed by atoms with Gasteiger partial charge in [-0.1, -0.05) is 62.1 Å². The summed E-state index contributed by atoms with van der Waals surface area (Å²) in [7, 11) is -1.48. The van der Waals surface area contributed by atoms with Crippen molar-refractivity contribution in [1.82, 2.24) is 0 Å². The Balaban J connectivity index is 1.42. The van der Waals surface area contributed by atoms with E-state index in [4.69, 9.17) is 9.15 Å². The maximum Gasteiger partial charge on any atom is 0.123 e. The molecule has 3 aromatic rings. The molecule has 0 aliphatic heterocycles. The van der Waals surface area contributed by atoms with Gasteiger partial charge < -0.3 is 14.3 Å². The van der Waals surface area contributed by atoms with Crippen molar-refractivity contribution < 1.29 is 14.3 Å². The van der Waals surface area contributed by atoms with Crippen molar-refractivity contribution in [1.29, 1.82) is 0 Å². The summed E-state index contributed by atoms with van der Waals surface area (Å²) in [5.74, 6) is 0. The van der Waals surface area contributed by atoms with E-state index in [1.807, 2.05) is 6.07 Å². The van der Waals surface area contributed by atoms with Crippen LogP contribution in [0.1, 0.15) is 23.7 Å². The molecule has 1 aromatic heterocycles. The molecule has 0 amide bonds. The van der Waals surface area contributed by atoms with Crippen LogP contribution in [0, 0.1) is 0 Å². The van der Waals surface area contributed by atoms with Crippen LogP contribution in [0.4, 0.5) is 0 Å². The van der Waals surface area contributed by atoms with Crippen LogP contribution in [-0.2, 0) is 11.2 Å². The van der Waals surface area contributed by atoms with Gasteiger partial charge in [0, 0.05) is 12.2 Å². The molecule has 3 rings (SSSR count). The second kappa shape index (κ2) is 8.21. The highest BCUT2D eigenvalue weighted by Gasteiger charge is 2.22. The number of hydrogen-bond donors (Lipinski definition) is 1. The van der Waals surface area contributed by atoms with Crippen molar-refractivity contribution in [3.63, 3.8) is 0 Å². The summed E-state index contributed by atoms with van der Waals surface area (Å²) >= 11 is 0. The molecule has 3 nitrogen and oxygen atoms in total. The van der Waals surface area contributed by atoms with E-state index in [9.17, 15) is 5.11 Å². The van der Waals surface area contributed by atoms with Gasteiger partial charge >= 0.3 is 0 Å². The van der Waals surface area contributed by atoms with Gasteiger partial charge in [-0.25, -0.2) is 0 Å². The van der Waals surface area contributed by atoms with Crippen LogP contribution < -0.4 is 5.38 Å². The molecule has 1 heterocycles. The van der Waals surface area contributed by atoms with E-state index < -0.39 is 14.2 Å². The van der Waals surface area contributed by atoms with Crippen molar-refractivity contribution in [3.8, 4) is 0 Å². The molecule has 0 saturated heterocycles. The first-order chi connectivity index (χ1) is 12.4. The van der Waals surface area contributed by atoms with Crippen LogP contribution in [0.5, 0.6) is 0 Å². The minimum Gasteiger partial charge on any atom is -0.474 e. The van der Waals surface area contributed by atoms with E-state index in [0.717, 1.165) is 23.8 Å². The van der Waals surface area contributed by atoms with Crippen molar-refractivity contribution in [2.24, 2.45) is 0 Å². The lowest BCUT2D eigenvalue weighted by atomic mass is 10.0. The Morgan fingerprint density at radius 3 is 2.54 bits per heavy atom. The van der Waals surface area contributed by atoms with E-state index in [0.29, 0.717) is 13.2 Å². The molecule has 1 atom stereocenters. The lowest BCUT2D eigenvalue weighted by Crippen LogP contribution is -2.36. The lowest BCUT2D eigenvalue weighted by Gasteiger charge is -2.11. The fourth-order valence-electron chi connectivity index (χ4n) is 2.98. The highest BCUT2D eigenvalue weighted by atomic mass is 28.3. The van der Waals surface area contributed by atoms with E-state index in [1.54, 1.807) is 6.26 Å². The fourth-order valence-corrected chi connectivity index (χ4v) is 3.99. The Morgan fingerprint density at radius 1 is 1.04 bits per heavy atom. The number of hydrogen-bond acceptors (Lipinski definition) is 3. The SMILES string of the molecule is C[Si](C)(C)c1cc(C(O)COCCCc2ccc3ccccc3c2)co1. The van der Waals surface area contributed by atoms with Gasteiger partial charge in [0.05, 0.1) is 18.3 Å². The number of aliphatic hydroxyl groups excluding tert-OH is 1. The average molecular weight is 369 g/mol. The zero-order valence-corrected chi connectivity index (χ0v) is 16.9. The van der Waals surface area contributed by atoms with Crippen LogP contribution >= 0.6 is 0 Å². The number of fused-ring (bicyclic) bond motifs is 1. The second-order valence-corrected chi connectivity index (χ2v) is 12.9. The number of aryl methyl sites for hydroxylation is 1. The predicted molar refractivity (Wildman–Crippen MR) is 110 cm³/mol. The molecular weight excluding hydrogens is 340 g/mol. The summed E-state index contributed by atoms with van der Waals surface area (Å²) < 4.78 is 11.3. The van der Waals surface area contributed by atoms with Crippen molar-refractivity contribution in [2.75, 3.05) is 13.2 Å². The van der Waals surface area contributed by atoms with Gasteiger partial charge in [-0.05, 0) is 35.2 Å². The normalized spacial score (nSPS) is 13.2. The first kappa shape index (κ1) is 18.9. The van der Waals surface area contributed by atoms with Crippen LogP contribution in [0.3, 0.4) is 0 Å². The standard InChI is InChI=1S/C22H28O3Si/c1-26(2,3)22-14-20(15-25-22)21(23)16-24-12-6-7-17-10-11-18-8-4-5-9-19(18)13-17/h4-5,8-11,13-15,21,23H,6-7,12,16H2,1-3H3. The van der Waals surface area contributed by atoms with Gasteiger partial charge in [-0.2, -0.15) is 0 Å². The number of rotatable bonds is 8. The third kappa shape index (κ3) is 4.85. The van der Waals surface area contributed by atoms with Crippen LogP contribution in [0.25, 0.3) is 10.8 Å². The summed E-state index contributed by atoms with van der Waals surface area (Å²) in [5.41, 5.74) is 2.14. The van der Waals surface area contributed by atoms with Crippen LogP contribution in [0.2, 0.25) is 19.6 Å². The summed E-state index contributed by atoms with van der Waals surface area (Å²) in [6.07, 6.45) is 2.96. The maximum absolute atomic E-state index is 10.3. The monoisotopic (exact) mass is 368 g/mol. The Morgan fingerprint density at radius 2 is 1.81 bits per heavy atom. The number of benzene rings is 2. The quantitative estimate of drug-likeness (QED) is 0.464. The number of aliphatic hydroxyl groups is 1. The van der Waals surface area contributed by atoms with Gasteiger partial charge in [-0.15, -0.1) is 0 Å². The van der Waals surface area contributed by atoms with Crippen LogP contribution in [-0.4, -0.2) is 26.4 Å². The molecule has 0 spiro atoms. The molecule has 1 unspecified atom stereocenters. The molecule has 1 N–H and O–H groups in total. The van der Waals surface area contributed by atoms with Crippen LogP contribution in [0.15, 0.2) is 59.2 Å². The van der Waals surface area contributed by atoms with E-state index in [-0.39, 0.29) is 0 Å². The summed E-state index contributed by atoms with van der Waals surface area (Å²) in [5, 5.41) is 13.8. The third-order valence-electron chi connectivity index (χ3n) is 4.59. The minimum absolute atomic E-state index is 0.308. The van der Waals surface area contributed by atoms with Crippen molar-refractivity contribution in [2.45, 2.75) is 38.6 Å². The zero-order valence-electron chi connectivity index (χ0n) is 15.9. The number of furan rings is 1. The fraction of sp³-hybridized carbons (Fsp3) is 0.364. The molecule has 0 aliphatic rings. The molecule has 26 heavy (non-hydrogen) atoms. The minimum atomic E-state index is -1.48. The highest BCUT2D eigenvalue weighted by Crippen LogP contribution is 2.17. The van der Waals surface area contributed by atoms with Crippen molar-refractivity contribution in [3.05, 3.63) is 65.9 Å². The molecule has 0 radical (unpaired) electrons. The summed E-state index contributed by atoms with van der Waals surface area (Å²) in [6, 6.07) is 17.0. The molecule has 0 saturated carbocycles. The third-order valence-corrected chi connectivity index (χ3v) is 6.33. The Kier molecular flexibility index (Phi) is 5.96. The van der Waals surface area contributed by atoms with E-state index >= 15 is 0 Å². The van der Waals surface area contributed by atoms with Gasteiger partial charge in [0.2, 0.25) is 0 Å².